The largest absolute Gasteiger partial charge is 0.507 e. The summed E-state index contributed by atoms with van der Waals surface area (Å²) in [6, 6.07) is 4.41. The van der Waals surface area contributed by atoms with Gasteiger partial charge in [-0.15, -0.1) is 10.2 Å². The van der Waals surface area contributed by atoms with Gasteiger partial charge in [-0.2, -0.15) is 5.10 Å². The molecule has 1 fully saturated rings. The van der Waals surface area contributed by atoms with Crippen LogP contribution < -0.4 is 4.90 Å². The molecule has 2 aliphatic carbocycles. The van der Waals surface area contributed by atoms with E-state index < -0.39 is 17.4 Å². The maximum atomic E-state index is 15.4. The Hall–Kier alpha value is -3.36. The third kappa shape index (κ3) is 3.32. The summed E-state index contributed by atoms with van der Waals surface area (Å²) in [5, 5.41) is 22.7. The van der Waals surface area contributed by atoms with Crippen LogP contribution in [0.5, 0.6) is 5.75 Å². The zero-order chi connectivity index (χ0) is 22.7. The number of aromatic hydroxyl groups is 1. The molecule has 2 heterocycles. The van der Waals surface area contributed by atoms with Crippen LogP contribution in [0.15, 0.2) is 48.9 Å². The Balaban J connectivity index is 1.37. The summed E-state index contributed by atoms with van der Waals surface area (Å²) in [5.74, 6) is 0.152. The van der Waals surface area contributed by atoms with Crippen molar-refractivity contribution in [1.82, 2.24) is 25.0 Å². The second-order valence-corrected chi connectivity index (χ2v) is 9.40. The van der Waals surface area contributed by atoms with E-state index in [0.717, 1.165) is 12.6 Å². The van der Waals surface area contributed by atoms with E-state index in [-0.39, 0.29) is 23.0 Å². The normalized spacial score (nSPS) is 28.8. The maximum Gasteiger partial charge on any atom is 0.185 e. The van der Waals surface area contributed by atoms with Crippen LogP contribution in [-0.4, -0.2) is 49.3 Å². The lowest BCUT2D eigenvalue weighted by molar-refractivity contribution is 0.0546. The summed E-state index contributed by atoms with van der Waals surface area (Å²) in [6.07, 6.45) is 8.48. The molecule has 4 atom stereocenters. The highest BCUT2D eigenvalue weighted by Gasteiger charge is 2.53. The molecule has 0 aliphatic heterocycles. The molecule has 0 spiro atoms. The van der Waals surface area contributed by atoms with Gasteiger partial charge in [0.1, 0.15) is 11.9 Å². The average molecular weight is 438 g/mol. The van der Waals surface area contributed by atoms with Crippen molar-refractivity contribution in [2.24, 2.45) is 10.8 Å². The Morgan fingerprint density at radius 2 is 2.00 bits per heavy atom. The lowest BCUT2D eigenvalue weighted by Crippen LogP contribution is -2.52. The Labute approximate surface area is 184 Å². The fourth-order valence-corrected chi connectivity index (χ4v) is 5.08. The molecule has 9 heteroatoms. The van der Waals surface area contributed by atoms with Crippen LogP contribution in [0, 0.1) is 16.6 Å². The minimum atomic E-state index is -1.02. The van der Waals surface area contributed by atoms with E-state index >= 15 is 4.39 Å². The number of nitrogens with zero attached hydrogens (tertiary/aromatic N) is 6. The van der Waals surface area contributed by atoms with Gasteiger partial charge in [-0.25, -0.2) is 18.4 Å². The second-order valence-electron chi connectivity index (χ2n) is 9.40. The molecule has 32 heavy (non-hydrogen) atoms. The summed E-state index contributed by atoms with van der Waals surface area (Å²) >= 11 is 0. The van der Waals surface area contributed by atoms with Crippen LogP contribution in [0.1, 0.15) is 26.7 Å². The molecule has 1 saturated carbocycles. The molecule has 1 N–H and O–H groups in total. The summed E-state index contributed by atoms with van der Waals surface area (Å²) in [6.45, 7) is 4.13. The second kappa shape index (κ2) is 7.08. The average Bonchev–Trinajstić information content (AvgIpc) is 3.32. The summed E-state index contributed by atoms with van der Waals surface area (Å²) < 4.78 is 29.9. The minimum absolute atomic E-state index is 0.0257. The first-order chi connectivity index (χ1) is 15.2. The number of hydrogen-bond acceptors (Lipinski definition) is 6. The highest BCUT2D eigenvalue weighted by Crippen LogP contribution is 2.55. The third-order valence-electron chi connectivity index (χ3n) is 6.74. The molecular formula is C23H24F2N6O. The third-order valence-corrected chi connectivity index (χ3v) is 6.74. The summed E-state index contributed by atoms with van der Waals surface area (Å²) in [7, 11) is 1.82. The monoisotopic (exact) mass is 438 g/mol. The van der Waals surface area contributed by atoms with Gasteiger partial charge in [-0.05, 0) is 30.4 Å². The molecular weight excluding hydrogens is 414 g/mol. The highest BCUT2D eigenvalue weighted by molar-refractivity contribution is 5.66. The van der Waals surface area contributed by atoms with Crippen LogP contribution in [0.4, 0.5) is 14.6 Å². The number of anilines is 1. The molecule has 2 bridgehead atoms. The number of alkyl halides is 1. The van der Waals surface area contributed by atoms with Crippen molar-refractivity contribution >= 4 is 5.82 Å². The molecule has 0 saturated heterocycles. The van der Waals surface area contributed by atoms with Gasteiger partial charge in [-0.3, -0.25) is 0 Å². The summed E-state index contributed by atoms with van der Waals surface area (Å²) in [5.41, 5.74) is 0.377. The predicted molar refractivity (Wildman–Crippen MR) is 116 cm³/mol. The number of aromatic nitrogens is 5. The zero-order valence-electron chi connectivity index (χ0n) is 18.1. The van der Waals surface area contributed by atoms with E-state index in [1.54, 1.807) is 18.3 Å². The molecule has 5 rings (SSSR count). The molecule has 7 nitrogen and oxygen atoms in total. The van der Waals surface area contributed by atoms with Crippen molar-refractivity contribution in [3.63, 3.8) is 0 Å². The summed E-state index contributed by atoms with van der Waals surface area (Å²) in [4.78, 5) is 6.16. The van der Waals surface area contributed by atoms with Gasteiger partial charge in [-0.1, -0.05) is 26.0 Å². The lowest BCUT2D eigenvalue weighted by atomic mass is 9.66. The number of hydrogen-bond donors (Lipinski definition) is 1. The van der Waals surface area contributed by atoms with Gasteiger partial charge in [0, 0.05) is 18.5 Å². The Kier molecular flexibility index (Phi) is 4.54. The molecule has 3 aromatic rings. The number of allylic oxidation sites excluding steroid dienone is 2. The SMILES string of the molecule is CN(c1cnc(-c2ccc(-n3cc(F)cn3)cc2O)nn1)[C@H]1C[C@]2(C)C=C[C@@](C)(C2)[C@H]1F. The van der Waals surface area contributed by atoms with Gasteiger partial charge < -0.3 is 10.0 Å². The van der Waals surface area contributed by atoms with Crippen molar-refractivity contribution < 1.29 is 13.9 Å². The fraction of sp³-hybridized carbons (Fsp3) is 0.391. The van der Waals surface area contributed by atoms with Gasteiger partial charge >= 0.3 is 0 Å². The van der Waals surface area contributed by atoms with Gasteiger partial charge in [0.05, 0.1) is 35.9 Å². The first-order valence-corrected chi connectivity index (χ1v) is 10.5. The number of phenols is 1. The van der Waals surface area contributed by atoms with Crippen LogP contribution in [0.25, 0.3) is 17.1 Å². The first-order valence-electron chi connectivity index (χ1n) is 10.5. The number of rotatable bonds is 4. The van der Waals surface area contributed by atoms with E-state index in [4.69, 9.17) is 0 Å². The van der Waals surface area contributed by atoms with Gasteiger partial charge in [0.25, 0.3) is 0 Å². The standard InChI is InChI=1S/C23H24F2N6O/c1-22-6-7-23(2,13-22)20(25)17(9-22)30(3)19-11-26-21(29-28-19)16-5-4-15(8-18(16)32)31-12-14(24)10-27-31/h4-8,10-12,17,20,32H,9,13H2,1-3H3/t17-,20-,22-,23-/m0/s1. The van der Waals surface area contributed by atoms with Crippen LogP contribution in [-0.2, 0) is 0 Å². The Morgan fingerprint density at radius 1 is 1.19 bits per heavy atom. The molecule has 166 valence electrons. The zero-order valence-corrected chi connectivity index (χ0v) is 18.1. The molecule has 1 aromatic carbocycles. The van der Waals surface area contributed by atoms with Crippen molar-refractivity contribution in [1.29, 1.82) is 0 Å². The van der Waals surface area contributed by atoms with E-state index in [2.05, 4.69) is 33.3 Å². The quantitative estimate of drug-likeness (QED) is 0.618. The molecule has 2 aliphatic rings. The van der Waals surface area contributed by atoms with E-state index in [1.165, 1.54) is 16.9 Å². The topological polar surface area (TPSA) is 80.0 Å². The first kappa shape index (κ1) is 20.5. The Morgan fingerprint density at radius 3 is 2.66 bits per heavy atom. The van der Waals surface area contributed by atoms with Crippen molar-refractivity contribution in [2.45, 2.75) is 38.9 Å². The number of benzene rings is 1. The van der Waals surface area contributed by atoms with E-state index in [1.807, 2.05) is 24.9 Å². The number of phenolic OH excluding ortho intramolecular Hbond substituents is 1. The van der Waals surface area contributed by atoms with Gasteiger partial charge in [0.15, 0.2) is 17.5 Å². The van der Waals surface area contributed by atoms with Crippen molar-refractivity contribution in [3.8, 4) is 22.8 Å². The fourth-order valence-electron chi connectivity index (χ4n) is 5.08. The van der Waals surface area contributed by atoms with E-state index in [0.29, 0.717) is 23.5 Å². The van der Waals surface area contributed by atoms with Crippen LogP contribution >= 0.6 is 0 Å². The molecule has 0 radical (unpaired) electrons. The lowest BCUT2D eigenvalue weighted by Gasteiger charge is -2.46. The molecule has 0 amide bonds. The van der Waals surface area contributed by atoms with Crippen LogP contribution in [0.2, 0.25) is 0 Å². The smallest absolute Gasteiger partial charge is 0.185 e. The predicted octanol–water partition coefficient (Wildman–Crippen LogP) is 4.09. The van der Waals surface area contributed by atoms with Crippen molar-refractivity contribution in [3.05, 3.63) is 54.8 Å². The molecule has 0 unspecified atom stereocenters. The number of fused-ring (bicyclic) bond motifs is 2. The Bertz CT molecular complexity index is 1200. The highest BCUT2D eigenvalue weighted by atomic mass is 19.1. The van der Waals surface area contributed by atoms with Crippen molar-refractivity contribution in [2.75, 3.05) is 11.9 Å². The van der Waals surface area contributed by atoms with E-state index in [9.17, 15) is 9.50 Å². The number of halogens is 2. The maximum absolute atomic E-state index is 15.4. The molecule has 2 aromatic heterocycles. The minimum Gasteiger partial charge on any atom is -0.507 e. The van der Waals surface area contributed by atoms with Gasteiger partial charge in [0.2, 0.25) is 0 Å². The van der Waals surface area contributed by atoms with Crippen LogP contribution in [0.3, 0.4) is 0 Å².